The first kappa shape index (κ1) is 18.9. The summed E-state index contributed by atoms with van der Waals surface area (Å²) in [5, 5.41) is 2.42. The number of nitrogens with one attached hydrogen (secondary N) is 1. The lowest BCUT2D eigenvalue weighted by molar-refractivity contribution is -0.123. The molecule has 0 fully saturated rings. The van der Waals surface area contributed by atoms with E-state index < -0.39 is 23.7 Å². The molecule has 0 bridgehead atoms. The number of thioether (sulfide) groups is 1. The van der Waals surface area contributed by atoms with Crippen molar-refractivity contribution in [2.24, 2.45) is 0 Å². The van der Waals surface area contributed by atoms with Gasteiger partial charge in [0.2, 0.25) is 6.79 Å². The fraction of sp³-hybridized carbons (Fsp3) is 0.235. The van der Waals surface area contributed by atoms with E-state index in [1.54, 1.807) is 18.2 Å². The lowest BCUT2D eigenvalue weighted by Crippen LogP contribution is -2.30. The van der Waals surface area contributed by atoms with E-state index in [2.05, 4.69) is 10.3 Å². The smallest absolute Gasteiger partial charge is 0.341 e. The van der Waals surface area contributed by atoms with Crippen molar-refractivity contribution in [1.29, 1.82) is 0 Å². The summed E-state index contributed by atoms with van der Waals surface area (Å²) in [6, 6.07) is 7.55. The third-order valence-electron chi connectivity index (χ3n) is 3.48. The van der Waals surface area contributed by atoms with Gasteiger partial charge >= 0.3 is 5.97 Å². The molecule has 0 aliphatic carbocycles. The number of halogens is 2. The first-order valence-electron chi connectivity index (χ1n) is 7.75. The predicted octanol–water partition coefficient (Wildman–Crippen LogP) is 3.31. The van der Waals surface area contributed by atoms with Crippen LogP contribution in [-0.4, -0.2) is 35.5 Å². The van der Waals surface area contributed by atoms with E-state index in [0.717, 1.165) is 0 Å². The zero-order valence-electron chi connectivity index (χ0n) is 14.0. The van der Waals surface area contributed by atoms with Crippen molar-refractivity contribution >= 4 is 29.3 Å². The molecule has 2 heterocycles. The molecule has 1 N–H and O–H groups in total. The number of fused-ring (bicyclic) bond motifs is 1. The number of nitrogens with zero attached hydrogens (tertiary/aromatic N) is 1. The van der Waals surface area contributed by atoms with E-state index in [4.69, 9.17) is 14.2 Å². The number of carbonyl (C=O) groups is 2. The van der Waals surface area contributed by atoms with Gasteiger partial charge in [0.25, 0.3) is 11.7 Å². The maximum atomic E-state index is 12.6. The average molecular weight is 396 g/mol. The van der Waals surface area contributed by atoms with Gasteiger partial charge in [-0.3, -0.25) is 4.79 Å². The fourth-order valence-corrected chi connectivity index (χ4v) is 2.79. The molecule has 0 radical (unpaired) electrons. The maximum Gasteiger partial charge on any atom is 0.341 e. The van der Waals surface area contributed by atoms with Gasteiger partial charge in [0, 0.05) is 18.0 Å². The van der Waals surface area contributed by atoms with Crippen LogP contribution in [0.5, 0.6) is 11.5 Å². The lowest BCUT2D eigenvalue weighted by Gasteiger charge is -2.14. The number of pyridine rings is 1. The molecule has 2 aromatic rings. The Balaban J connectivity index is 1.63. The maximum absolute atomic E-state index is 12.6. The molecule has 1 aliphatic heterocycles. The summed E-state index contributed by atoms with van der Waals surface area (Å²) in [5.41, 5.74) is 0.299. The van der Waals surface area contributed by atoms with Crippen molar-refractivity contribution in [2.45, 2.75) is 23.8 Å². The molecule has 1 unspecified atom stereocenters. The molecule has 1 aromatic heterocycles. The van der Waals surface area contributed by atoms with Gasteiger partial charge in [-0.2, -0.15) is 8.78 Å². The van der Waals surface area contributed by atoms with Gasteiger partial charge in [-0.25, -0.2) is 9.78 Å². The molecular formula is C17H14F2N2O5S. The molecule has 0 saturated heterocycles. The SMILES string of the molecule is CC(OC(=O)c1cccnc1SC(F)F)C(=O)Nc1ccc2c(c1)OCO2. The van der Waals surface area contributed by atoms with E-state index in [-0.39, 0.29) is 29.1 Å². The number of benzene rings is 1. The quantitative estimate of drug-likeness (QED) is 0.592. The Bertz CT molecular complexity index is 865. The third-order valence-corrected chi connectivity index (χ3v) is 4.21. The molecule has 10 heteroatoms. The number of hydrogen-bond acceptors (Lipinski definition) is 7. The van der Waals surface area contributed by atoms with Crippen LogP contribution in [0.2, 0.25) is 0 Å². The summed E-state index contributed by atoms with van der Waals surface area (Å²) < 4.78 is 40.6. The number of alkyl halides is 2. The Morgan fingerprint density at radius 2 is 2.04 bits per heavy atom. The van der Waals surface area contributed by atoms with Crippen molar-refractivity contribution in [1.82, 2.24) is 4.98 Å². The Morgan fingerprint density at radius 3 is 2.81 bits per heavy atom. The van der Waals surface area contributed by atoms with E-state index in [0.29, 0.717) is 17.2 Å². The second kappa shape index (κ2) is 8.21. The fourth-order valence-electron chi connectivity index (χ4n) is 2.22. The van der Waals surface area contributed by atoms with Gasteiger partial charge in [0.1, 0.15) is 5.03 Å². The minimum atomic E-state index is -2.74. The van der Waals surface area contributed by atoms with Crippen LogP contribution < -0.4 is 14.8 Å². The van der Waals surface area contributed by atoms with Crippen molar-refractivity contribution in [3.05, 3.63) is 42.1 Å². The van der Waals surface area contributed by atoms with E-state index in [9.17, 15) is 18.4 Å². The van der Waals surface area contributed by atoms with Gasteiger partial charge in [0.05, 0.1) is 5.56 Å². The highest BCUT2D eigenvalue weighted by molar-refractivity contribution is 7.99. The van der Waals surface area contributed by atoms with Gasteiger partial charge < -0.3 is 19.5 Å². The van der Waals surface area contributed by atoms with Crippen LogP contribution in [-0.2, 0) is 9.53 Å². The molecule has 0 saturated carbocycles. The lowest BCUT2D eigenvalue weighted by atomic mass is 10.2. The number of amides is 1. The summed E-state index contributed by atoms with van der Waals surface area (Å²) in [6.07, 6.45) is 0.129. The third kappa shape index (κ3) is 4.64. The van der Waals surface area contributed by atoms with Crippen molar-refractivity contribution in [3.63, 3.8) is 0 Å². The van der Waals surface area contributed by atoms with Crippen LogP contribution in [0, 0.1) is 0 Å². The average Bonchev–Trinajstić information content (AvgIpc) is 3.09. The molecule has 1 atom stereocenters. The molecule has 3 rings (SSSR count). The summed E-state index contributed by atoms with van der Waals surface area (Å²) in [4.78, 5) is 28.2. The molecule has 142 valence electrons. The first-order chi connectivity index (χ1) is 12.9. The number of carbonyl (C=O) groups excluding carboxylic acids is 2. The van der Waals surface area contributed by atoms with E-state index >= 15 is 0 Å². The molecule has 1 amide bonds. The monoisotopic (exact) mass is 396 g/mol. The number of rotatable bonds is 6. The van der Waals surface area contributed by atoms with Gasteiger partial charge in [-0.15, -0.1) is 0 Å². The normalized spacial score (nSPS) is 13.3. The highest BCUT2D eigenvalue weighted by atomic mass is 32.2. The molecular weight excluding hydrogens is 382 g/mol. The number of ether oxygens (including phenoxy) is 3. The van der Waals surface area contributed by atoms with Crippen molar-refractivity contribution in [2.75, 3.05) is 12.1 Å². The van der Waals surface area contributed by atoms with Crippen LogP contribution in [0.25, 0.3) is 0 Å². The summed E-state index contributed by atoms with van der Waals surface area (Å²) in [6.45, 7) is 1.47. The summed E-state index contributed by atoms with van der Waals surface area (Å²) in [5.74, 6) is -3.19. The van der Waals surface area contributed by atoms with Crippen LogP contribution in [0.4, 0.5) is 14.5 Å². The van der Waals surface area contributed by atoms with Gasteiger partial charge in [0.15, 0.2) is 17.6 Å². The molecule has 27 heavy (non-hydrogen) atoms. The van der Waals surface area contributed by atoms with Gasteiger partial charge in [-0.05, 0) is 43.0 Å². The Morgan fingerprint density at radius 1 is 1.26 bits per heavy atom. The highest BCUT2D eigenvalue weighted by Crippen LogP contribution is 2.34. The zero-order chi connectivity index (χ0) is 19.4. The summed E-state index contributed by atoms with van der Waals surface area (Å²) in [7, 11) is 0. The molecule has 7 nitrogen and oxygen atoms in total. The molecule has 1 aliphatic rings. The van der Waals surface area contributed by atoms with Crippen molar-refractivity contribution < 1.29 is 32.6 Å². The van der Waals surface area contributed by atoms with Crippen LogP contribution >= 0.6 is 11.8 Å². The second-order valence-electron chi connectivity index (χ2n) is 5.34. The number of hydrogen-bond donors (Lipinski definition) is 1. The number of esters is 1. The molecule has 0 spiro atoms. The Kier molecular flexibility index (Phi) is 5.75. The zero-order valence-corrected chi connectivity index (χ0v) is 14.8. The first-order valence-corrected chi connectivity index (χ1v) is 8.63. The highest BCUT2D eigenvalue weighted by Gasteiger charge is 2.23. The summed E-state index contributed by atoms with van der Waals surface area (Å²) >= 11 is 0.131. The minimum Gasteiger partial charge on any atom is -0.454 e. The number of aromatic nitrogens is 1. The van der Waals surface area contributed by atoms with E-state index in [1.165, 1.54) is 25.3 Å². The Labute approximate surface area is 157 Å². The standard InChI is InChI=1S/C17H14F2N2O5S/c1-9(14(22)21-10-4-5-12-13(7-10)25-8-24-12)26-16(23)11-3-2-6-20-15(11)27-17(18)19/h2-7,9,17H,8H2,1H3,(H,21,22). The van der Waals surface area contributed by atoms with Crippen LogP contribution in [0.3, 0.4) is 0 Å². The number of anilines is 1. The molecule has 1 aromatic carbocycles. The predicted molar refractivity (Wildman–Crippen MR) is 92.2 cm³/mol. The van der Waals surface area contributed by atoms with Crippen LogP contribution in [0.1, 0.15) is 17.3 Å². The topological polar surface area (TPSA) is 86.8 Å². The van der Waals surface area contributed by atoms with Crippen LogP contribution in [0.15, 0.2) is 41.6 Å². The van der Waals surface area contributed by atoms with Gasteiger partial charge in [-0.1, -0.05) is 0 Å². The van der Waals surface area contributed by atoms with E-state index in [1.807, 2.05) is 0 Å². The van der Waals surface area contributed by atoms with Crippen molar-refractivity contribution in [3.8, 4) is 11.5 Å². The Hall–Kier alpha value is -2.88. The second-order valence-corrected chi connectivity index (χ2v) is 6.32. The minimum absolute atomic E-state index is 0.102. The largest absolute Gasteiger partial charge is 0.454 e.